The molecule has 5 heteroatoms. The maximum atomic E-state index is 13.5. The first kappa shape index (κ1) is 14.2. The van der Waals surface area contributed by atoms with Crippen molar-refractivity contribution in [3.05, 3.63) is 58.4 Å². The third-order valence-electron chi connectivity index (χ3n) is 2.67. The molecule has 0 atom stereocenters. The Hall–Kier alpha value is -2.25. The molecule has 0 heterocycles. The lowest BCUT2D eigenvalue weighted by Crippen LogP contribution is -1.98. The van der Waals surface area contributed by atoms with Gasteiger partial charge in [0.2, 0.25) is 0 Å². The van der Waals surface area contributed by atoms with Gasteiger partial charge in [0.05, 0.1) is 23.8 Å². The molecule has 0 radical (unpaired) electrons. The lowest BCUT2D eigenvalue weighted by molar-refractivity contribution is 0.305. The van der Waals surface area contributed by atoms with E-state index in [2.05, 4.69) is 0 Å². The van der Waals surface area contributed by atoms with Gasteiger partial charge in [0, 0.05) is 0 Å². The van der Waals surface area contributed by atoms with Crippen LogP contribution in [-0.2, 0) is 6.61 Å². The molecule has 0 amide bonds. The van der Waals surface area contributed by atoms with Gasteiger partial charge in [0.15, 0.2) is 11.6 Å². The Kier molecular flexibility index (Phi) is 4.44. The molecule has 20 heavy (non-hydrogen) atoms. The van der Waals surface area contributed by atoms with E-state index in [1.807, 2.05) is 6.07 Å². The smallest absolute Gasteiger partial charge is 0.165 e. The maximum absolute atomic E-state index is 13.5. The zero-order valence-corrected chi connectivity index (χ0v) is 11.4. The predicted octanol–water partition coefficient (Wildman–Crippen LogP) is 3.94. The molecule has 2 aromatic carbocycles. The van der Waals surface area contributed by atoms with Gasteiger partial charge in [-0.25, -0.2) is 4.39 Å². The van der Waals surface area contributed by atoms with Gasteiger partial charge in [0.1, 0.15) is 12.4 Å². The fraction of sp³-hybridized carbons (Fsp3) is 0.133. The normalized spacial score (nSPS) is 9.90. The van der Waals surface area contributed by atoms with Crippen LogP contribution in [0.5, 0.6) is 11.5 Å². The molecular weight excluding hydrogens is 281 g/mol. The Morgan fingerprint density at radius 3 is 2.55 bits per heavy atom. The predicted molar refractivity (Wildman–Crippen MR) is 73.5 cm³/mol. The Bertz CT molecular complexity index is 667. The molecule has 0 saturated carbocycles. The van der Waals surface area contributed by atoms with Crippen molar-refractivity contribution in [1.82, 2.24) is 0 Å². The summed E-state index contributed by atoms with van der Waals surface area (Å²) >= 11 is 5.98. The molecule has 0 fully saturated rings. The van der Waals surface area contributed by atoms with Gasteiger partial charge >= 0.3 is 0 Å². The molecule has 102 valence electrons. The fourth-order valence-corrected chi connectivity index (χ4v) is 1.88. The van der Waals surface area contributed by atoms with Gasteiger partial charge in [-0.05, 0) is 35.9 Å². The summed E-state index contributed by atoms with van der Waals surface area (Å²) in [6, 6.07) is 11.3. The molecular formula is C15H11ClFNO2. The highest BCUT2D eigenvalue weighted by Gasteiger charge is 2.06. The van der Waals surface area contributed by atoms with Gasteiger partial charge in [-0.1, -0.05) is 17.7 Å². The summed E-state index contributed by atoms with van der Waals surface area (Å²) in [4.78, 5) is 0. The molecule has 0 aliphatic rings. The molecule has 0 unspecified atom stereocenters. The lowest BCUT2D eigenvalue weighted by atomic mass is 10.2. The van der Waals surface area contributed by atoms with Crippen molar-refractivity contribution in [2.75, 3.05) is 7.11 Å². The molecule has 3 nitrogen and oxygen atoms in total. The Balaban J connectivity index is 2.09. The molecule has 0 aromatic heterocycles. The topological polar surface area (TPSA) is 42.2 Å². The molecule has 2 rings (SSSR count). The van der Waals surface area contributed by atoms with E-state index < -0.39 is 5.82 Å². The van der Waals surface area contributed by atoms with Crippen LogP contribution in [0.4, 0.5) is 4.39 Å². The summed E-state index contributed by atoms with van der Waals surface area (Å²) in [5, 5.41) is 9.08. The number of ether oxygens (including phenoxy) is 2. The summed E-state index contributed by atoms with van der Waals surface area (Å²) in [7, 11) is 1.41. The van der Waals surface area contributed by atoms with Crippen LogP contribution in [0.1, 0.15) is 11.1 Å². The van der Waals surface area contributed by atoms with E-state index in [1.165, 1.54) is 25.3 Å². The molecule has 2 aromatic rings. The standard InChI is InChI=1S/C15H11ClFNO2/c1-19-15-5-3-11(7-13(15)17)9-20-14-4-2-10(8-18)6-12(14)16/h2-7H,9H2,1H3. The van der Waals surface area contributed by atoms with E-state index in [4.69, 9.17) is 26.3 Å². The minimum atomic E-state index is -0.445. The van der Waals surface area contributed by atoms with Gasteiger partial charge in [0.25, 0.3) is 0 Å². The van der Waals surface area contributed by atoms with Crippen molar-refractivity contribution in [1.29, 1.82) is 5.26 Å². The third kappa shape index (κ3) is 3.19. The average Bonchev–Trinajstić information content (AvgIpc) is 2.46. The van der Waals surface area contributed by atoms with Gasteiger partial charge in [-0.15, -0.1) is 0 Å². The average molecular weight is 292 g/mol. The number of hydrogen-bond acceptors (Lipinski definition) is 3. The molecule has 0 N–H and O–H groups in total. The minimum absolute atomic E-state index is 0.173. The van der Waals surface area contributed by atoms with Crippen molar-refractivity contribution in [2.45, 2.75) is 6.61 Å². The van der Waals surface area contributed by atoms with Crippen LogP contribution in [0.2, 0.25) is 5.02 Å². The number of halogens is 2. The van der Waals surface area contributed by atoms with E-state index >= 15 is 0 Å². The number of nitrogens with zero attached hydrogens (tertiary/aromatic N) is 1. The van der Waals surface area contributed by atoms with Crippen molar-refractivity contribution < 1.29 is 13.9 Å². The maximum Gasteiger partial charge on any atom is 0.165 e. The summed E-state index contributed by atoms with van der Waals surface area (Å²) in [6.07, 6.45) is 0. The number of nitriles is 1. The van der Waals surface area contributed by atoms with Crippen LogP contribution in [0, 0.1) is 17.1 Å². The number of hydrogen-bond donors (Lipinski definition) is 0. The first-order valence-electron chi connectivity index (χ1n) is 5.79. The zero-order chi connectivity index (χ0) is 14.5. The van der Waals surface area contributed by atoms with Crippen LogP contribution in [0.3, 0.4) is 0 Å². The fourth-order valence-electron chi connectivity index (χ4n) is 1.65. The second kappa shape index (κ2) is 6.27. The van der Waals surface area contributed by atoms with Gasteiger partial charge in [-0.3, -0.25) is 0 Å². The first-order valence-corrected chi connectivity index (χ1v) is 6.16. The zero-order valence-electron chi connectivity index (χ0n) is 10.7. The van der Waals surface area contributed by atoms with Crippen LogP contribution >= 0.6 is 11.6 Å². The van der Waals surface area contributed by atoms with Crippen LogP contribution in [0.15, 0.2) is 36.4 Å². The van der Waals surface area contributed by atoms with Crippen molar-refractivity contribution in [2.24, 2.45) is 0 Å². The highest BCUT2D eigenvalue weighted by Crippen LogP contribution is 2.26. The quantitative estimate of drug-likeness (QED) is 0.857. The van der Waals surface area contributed by atoms with Crippen LogP contribution in [0.25, 0.3) is 0 Å². The number of benzene rings is 2. The van der Waals surface area contributed by atoms with E-state index in [0.29, 0.717) is 21.9 Å². The summed E-state index contributed by atoms with van der Waals surface area (Å²) in [5.74, 6) is 0.187. The van der Waals surface area contributed by atoms with E-state index in [1.54, 1.807) is 18.2 Å². The molecule has 0 bridgehead atoms. The third-order valence-corrected chi connectivity index (χ3v) is 2.97. The van der Waals surface area contributed by atoms with E-state index in [-0.39, 0.29) is 12.4 Å². The largest absolute Gasteiger partial charge is 0.494 e. The Morgan fingerprint density at radius 2 is 1.95 bits per heavy atom. The molecule has 0 spiro atoms. The highest BCUT2D eigenvalue weighted by atomic mass is 35.5. The first-order chi connectivity index (χ1) is 9.63. The van der Waals surface area contributed by atoms with Crippen LogP contribution in [-0.4, -0.2) is 7.11 Å². The summed E-state index contributed by atoms with van der Waals surface area (Å²) in [5.41, 5.74) is 1.11. The molecule has 0 aliphatic heterocycles. The van der Waals surface area contributed by atoms with E-state index in [9.17, 15) is 4.39 Å². The molecule has 0 saturated heterocycles. The van der Waals surface area contributed by atoms with Gasteiger partial charge in [-0.2, -0.15) is 5.26 Å². The highest BCUT2D eigenvalue weighted by molar-refractivity contribution is 6.32. The summed E-state index contributed by atoms with van der Waals surface area (Å²) in [6.45, 7) is 0.173. The summed E-state index contributed by atoms with van der Waals surface area (Å²) < 4.78 is 23.9. The van der Waals surface area contributed by atoms with Gasteiger partial charge < -0.3 is 9.47 Å². The van der Waals surface area contributed by atoms with Crippen molar-refractivity contribution in [3.63, 3.8) is 0 Å². The van der Waals surface area contributed by atoms with Crippen LogP contribution < -0.4 is 9.47 Å². The molecule has 0 aliphatic carbocycles. The Morgan fingerprint density at radius 1 is 1.20 bits per heavy atom. The minimum Gasteiger partial charge on any atom is -0.494 e. The lowest BCUT2D eigenvalue weighted by Gasteiger charge is -2.09. The number of rotatable bonds is 4. The van der Waals surface area contributed by atoms with E-state index in [0.717, 1.165) is 0 Å². The monoisotopic (exact) mass is 291 g/mol. The second-order valence-electron chi connectivity index (χ2n) is 4.01. The SMILES string of the molecule is COc1ccc(COc2ccc(C#N)cc2Cl)cc1F. The number of methoxy groups -OCH3 is 1. The van der Waals surface area contributed by atoms with Crippen molar-refractivity contribution >= 4 is 11.6 Å². The Labute approximate surface area is 121 Å². The second-order valence-corrected chi connectivity index (χ2v) is 4.42. The van der Waals surface area contributed by atoms with Crippen molar-refractivity contribution in [3.8, 4) is 17.6 Å².